The van der Waals surface area contributed by atoms with Gasteiger partial charge in [-0.15, -0.1) is 0 Å². The molecule has 0 fully saturated rings. The van der Waals surface area contributed by atoms with E-state index in [0.717, 1.165) is 17.0 Å². The van der Waals surface area contributed by atoms with Crippen LogP contribution in [-0.4, -0.2) is 17.0 Å². The molecule has 0 saturated carbocycles. The highest BCUT2D eigenvalue weighted by Gasteiger charge is 1.77. The zero-order valence-corrected chi connectivity index (χ0v) is 7.03. The molecular formula is C4H13NOSi. The minimum absolute atomic E-state index is 0.795. The summed E-state index contributed by atoms with van der Waals surface area (Å²) in [6.45, 7) is 3.16. The SMILES string of the molecule is CCCCNO[SiH3]. The van der Waals surface area contributed by atoms with Gasteiger partial charge in [0, 0.05) is 6.54 Å². The molecule has 0 spiro atoms. The standard InChI is InChI=1S/C4H13NOSi/c1-2-3-4-5-6-7/h5H,2-4H2,1,7H3. The summed E-state index contributed by atoms with van der Waals surface area (Å²) in [5.41, 5.74) is 2.81. The van der Waals surface area contributed by atoms with Gasteiger partial charge >= 0.3 is 0 Å². The third-order valence-corrected chi connectivity index (χ3v) is 1.07. The van der Waals surface area contributed by atoms with Crippen LogP contribution in [0.15, 0.2) is 0 Å². The molecule has 3 heteroatoms. The Morgan fingerprint density at radius 2 is 2.43 bits per heavy atom. The van der Waals surface area contributed by atoms with Gasteiger partial charge in [0.05, 0.1) is 0 Å². The molecule has 0 aromatic carbocycles. The van der Waals surface area contributed by atoms with E-state index in [-0.39, 0.29) is 0 Å². The highest BCUT2D eigenvalue weighted by molar-refractivity contribution is 5.97. The maximum Gasteiger partial charge on any atom is 0.174 e. The van der Waals surface area contributed by atoms with Crippen molar-refractivity contribution in [2.24, 2.45) is 0 Å². The number of unbranched alkanes of at least 4 members (excludes halogenated alkanes) is 1. The van der Waals surface area contributed by atoms with Crippen LogP contribution < -0.4 is 5.48 Å². The summed E-state index contributed by atoms with van der Waals surface area (Å²) >= 11 is 0. The first-order chi connectivity index (χ1) is 3.41. The van der Waals surface area contributed by atoms with E-state index in [1.807, 2.05) is 0 Å². The Hall–Kier alpha value is 0.137. The van der Waals surface area contributed by atoms with Crippen molar-refractivity contribution >= 4 is 10.5 Å². The van der Waals surface area contributed by atoms with Gasteiger partial charge in [0.15, 0.2) is 10.5 Å². The first-order valence-electron chi connectivity index (χ1n) is 2.67. The number of hydroxylamine groups is 1. The van der Waals surface area contributed by atoms with Crippen molar-refractivity contribution in [3.63, 3.8) is 0 Å². The van der Waals surface area contributed by atoms with Crippen molar-refractivity contribution in [3.05, 3.63) is 0 Å². The number of hydrogen-bond donors (Lipinski definition) is 1. The van der Waals surface area contributed by atoms with Crippen LogP contribution in [0, 0.1) is 0 Å². The number of nitrogens with one attached hydrogen (secondary N) is 1. The Morgan fingerprint density at radius 3 is 2.86 bits per heavy atom. The van der Waals surface area contributed by atoms with E-state index in [4.69, 9.17) is 4.53 Å². The molecule has 0 aliphatic carbocycles. The molecule has 0 saturated heterocycles. The molecule has 2 nitrogen and oxygen atoms in total. The molecule has 0 bridgehead atoms. The molecule has 0 aromatic rings. The molecule has 7 heavy (non-hydrogen) atoms. The predicted octanol–water partition coefficient (Wildman–Crippen LogP) is -0.412. The van der Waals surface area contributed by atoms with Crippen LogP contribution in [0.2, 0.25) is 0 Å². The van der Waals surface area contributed by atoms with E-state index < -0.39 is 0 Å². The summed E-state index contributed by atoms with van der Waals surface area (Å²) in [5, 5.41) is 0. The number of rotatable bonds is 4. The monoisotopic (exact) mass is 119 g/mol. The summed E-state index contributed by atoms with van der Waals surface area (Å²) in [6, 6.07) is 0. The van der Waals surface area contributed by atoms with Crippen LogP contribution in [0.5, 0.6) is 0 Å². The van der Waals surface area contributed by atoms with E-state index in [1.165, 1.54) is 12.8 Å². The second kappa shape index (κ2) is 6.14. The molecule has 0 aromatic heterocycles. The van der Waals surface area contributed by atoms with Gasteiger partial charge in [-0.05, 0) is 6.42 Å². The molecule has 0 heterocycles. The Morgan fingerprint density at radius 1 is 1.71 bits per heavy atom. The van der Waals surface area contributed by atoms with Crippen molar-refractivity contribution in [3.8, 4) is 0 Å². The van der Waals surface area contributed by atoms with E-state index in [9.17, 15) is 0 Å². The fraction of sp³-hybridized carbons (Fsp3) is 1.00. The van der Waals surface area contributed by atoms with Crippen LogP contribution in [0.3, 0.4) is 0 Å². The highest BCUT2D eigenvalue weighted by atomic mass is 28.2. The zero-order valence-electron chi connectivity index (χ0n) is 5.03. The maximum absolute atomic E-state index is 4.73. The highest BCUT2D eigenvalue weighted by Crippen LogP contribution is 1.80. The lowest BCUT2D eigenvalue weighted by atomic mass is 10.3. The molecule has 0 atom stereocenters. The lowest BCUT2D eigenvalue weighted by Gasteiger charge is -1.96. The minimum Gasteiger partial charge on any atom is -0.357 e. The second-order valence-electron chi connectivity index (χ2n) is 1.45. The van der Waals surface area contributed by atoms with Crippen molar-refractivity contribution < 1.29 is 4.53 Å². The van der Waals surface area contributed by atoms with E-state index >= 15 is 0 Å². The van der Waals surface area contributed by atoms with Gasteiger partial charge in [-0.3, -0.25) is 0 Å². The van der Waals surface area contributed by atoms with Crippen LogP contribution in [-0.2, 0) is 4.53 Å². The van der Waals surface area contributed by atoms with E-state index in [2.05, 4.69) is 12.4 Å². The van der Waals surface area contributed by atoms with Crippen molar-refractivity contribution in [2.75, 3.05) is 6.54 Å². The first-order valence-corrected chi connectivity index (χ1v) is 3.49. The van der Waals surface area contributed by atoms with Gasteiger partial charge < -0.3 is 4.53 Å². The average Bonchev–Trinajstić information content (AvgIpc) is 1.69. The predicted molar refractivity (Wildman–Crippen MR) is 33.9 cm³/mol. The minimum atomic E-state index is 0.795. The van der Waals surface area contributed by atoms with Crippen LogP contribution in [0.1, 0.15) is 19.8 Å². The molecule has 1 N–H and O–H groups in total. The molecule has 0 radical (unpaired) electrons. The fourth-order valence-corrected chi connectivity index (χ4v) is 0.555. The van der Waals surface area contributed by atoms with Crippen LogP contribution >= 0.6 is 0 Å². The molecule has 0 amide bonds. The summed E-state index contributed by atoms with van der Waals surface area (Å²) in [4.78, 5) is 0. The maximum atomic E-state index is 4.73. The van der Waals surface area contributed by atoms with Crippen LogP contribution in [0.25, 0.3) is 0 Å². The third kappa shape index (κ3) is 6.14. The fourth-order valence-electron chi connectivity index (χ4n) is 0.351. The summed E-state index contributed by atoms with van der Waals surface area (Å²) in [7, 11) is 0.795. The number of hydrogen-bond acceptors (Lipinski definition) is 2. The van der Waals surface area contributed by atoms with Gasteiger partial charge in [0.1, 0.15) is 0 Å². The molecule has 0 unspecified atom stereocenters. The van der Waals surface area contributed by atoms with Gasteiger partial charge in [0.2, 0.25) is 0 Å². The van der Waals surface area contributed by atoms with Crippen molar-refractivity contribution in [1.82, 2.24) is 5.48 Å². The smallest absolute Gasteiger partial charge is 0.174 e. The lowest BCUT2D eigenvalue weighted by molar-refractivity contribution is 0.215. The first kappa shape index (κ1) is 7.14. The van der Waals surface area contributed by atoms with Gasteiger partial charge in [0.25, 0.3) is 0 Å². The average molecular weight is 119 g/mol. The van der Waals surface area contributed by atoms with Gasteiger partial charge in [-0.2, -0.15) is 0 Å². The summed E-state index contributed by atoms with van der Waals surface area (Å²) in [6.07, 6.45) is 2.44. The Labute approximate surface area is 47.7 Å². The van der Waals surface area contributed by atoms with Gasteiger partial charge in [-0.1, -0.05) is 13.3 Å². The molecular weight excluding hydrogens is 106 g/mol. The zero-order chi connectivity index (χ0) is 5.54. The molecule has 0 aliphatic rings. The molecule has 44 valence electrons. The Kier molecular flexibility index (Phi) is 6.26. The lowest BCUT2D eigenvalue weighted by Crippen LogP contribution is -2.13. The van der Waals surface area contributed by atoms with E-state index in [0.29, 0.717) is 0 Å². The van der Waals surface area contributed by atoms with E-state index in [1.54, 1.807) is 0 Å². The van der Waals surface area contributed by atoms with Crippen molar-refractivity contribution in [2.45, 2.75) is 19.8 Å². The Bertz CT molecular complexity index is 30.9. The van der Waals surface area contributed by atoms with Crippen molar-refractivity contribution in [1.29, 1.82) is 0 Å². The Balaban J connectivity index is 2.45. The quantitative estimate of drug-likeness (QED) is 0.308. The van der Waals surface area contributed by atoms with Crippen LogP contribution in [0.4, 0.5) is 0 Å². The van der Waals surface area contributed by atoms with Gasteiger partial charge in [-0.25, -0.2) is 5.48 Å². The summed E-state index contributed by atoms with van der Waals surface area (Å²) in [5.74, 6) is 0. The normalized spacial score (nSPS) is 9.86. The topological polar surface area (TPSA) is 21.3 Å². The largest absolute Gasteiger partial charge is 0.357 e. The third-order valence-electron chi connectivity index (χ3n) is 0.777. The molecule has 0 aliphatic heterocycles. The molecule has 0 rings (SSSR count). The second-order valence-corrected chi connectivity index (χ2v) is 1.86. The summed E-state index contributed by atoms with van der Waals surface area (Å²) < 4.78 is 4.73.